The molecule has 0 bridgehead atoms. The Morgan fingerprint density at radius 3 is 2.47 bits per heavy atom. The van der Waals surface area contributed by atoms with Crippen molar-refractivity contribution in [2.75, 3.05) is 20.8 Å². The number of rotatable bonds is 10. The molecular formula is C34H40N4O8P+. The minimum absolute atomic E-state index is 0.0101. The molecule has 1 saturated heterocycles. The van der Waals surface area contributed by atoms with Crippen LogP contribution in [-0.2, 0) is 18.9 Å². The molecule has 13 heteroatoms. The van der Waals surface area contributed by atoms with Gasteiger partial charge in [0.15, 0.2) is 0 Å². The molecule has 3 amide bonds. The summed E-state index contributed by atoms with van der Waals surface area (Å²) in [5, 5.41) is 4.73. The molecule has 3 N–H and O–H groups in total. The van der Waals surface area contributed by atoms with Gasteiger partial charge in [0.25, 0.3) is 5.28 Å². The van der Waals surface area contributed by atoms with Crippen LogP contribution in [0.5, 0.6) is 11.5 Å². The molecule has 1 aliphatic carbocycles. The SMILES string of the molecule is C=C[C@@H]1C[C@]1(NC(=O)[C@@H]1C[C@@H](Oc2cc(-c3ccccc3)nc3cc(OC)ccc23)CN1C(=O)C(NC(=O)OC)C(C)(C)C)[P+](=O)O. The van der Waals surface area contributed by atoms with Crippen LogP contribution in [-0.4, -0.2) is 76.9 Å². The van der Waals surface area contributed by atoms with Crippen LogP contribution >= 0.6 is 8.03 Å². The molecule has 3 aromatic rings. The fraction of sp³-hybridized carbons (Fsp3) is 0.412. The lowest BCUT2D eigenvalue weighted by Gasteiger charge is -2.35. The first-order chi connectivity index (χ1) is 22.3. The number of hydrogen-bond donors (Lipinski definition) is 3. The van der Waals surface area contributed by atoms with Crippen molar-refractivity contribution < 1.29 is 38.1 Å². The number of ether oxygens (including phenoxy) is 3. The zero-order valence-electron chi connectivity index (χ0n) is 27.1. The van der Waals surface area contributed by atoms with Gasteiger partial charge in [0, 0.05) is 35.9 Å². The topological polar surface area (TPSA) is 156 Å². The third-order valence-corrected chi connectivity index (χ3v) is 10.0. The molecule has 2 aromatic carbocycles. The molecule has 12 nitrogen and oxygen atoms in total. The smallest absolute Gasteiger partial charge is 0.497 e. The van der Waals surface area contributed by atoms with Crippen LogP contribution in [0.2, 0.25) is 0 Å². The number of carbonyl (C=O) groups is 3. The van der Waals surface area contributed by atoms with Crippen molar-refractivity contribution in [3.63, 3.8) is 0 Å². The highest BCUT2D eigenvalue weighted by Gasteiger charge is 2.70. The zero-order chi connectivity index (χ0) is 34.1. The fourth-order valence-corrected chi connectivity index (χ4v) is 6.91. The van der Waals surface area contributed by atoms with Gasteiger partial charge in [-0.25, -0.2) is 9.78 Å². The van der Waals surface area contributed by atoms with Crippen molar-refractivity contribution in [1.82, 2.24) is 20.5 Å². The Morgan fingerprint density at radius 2 is 1.87 bits per heavy atom. The average Bonchev–Trinajstić information content (AvgIpc) is 3.62. The van der Waals surface area contributed by atoms with Gasteiger partial charge in [0.05, 0.1) is 37.9 Å². The summed E-state index contributed by atoms with van der Waals surface area (Å²) >= 11 is 0. The highest BCUT2D eigenvalue weighted by Crippen LogP contribution is 2.58. The minimum atomic E-state index is -2.78. The summed E-state index contributed by atoms with van der Waals surface area (Å²) in [6.45, 7) is 9.09. The Balaban J connectivity index is 1.51. The van der Waals surface area contributed by atoms with Crippen molar-refractivity contribution in [1.29, 1.82) is 0 Å². The summed E-state index contributed by atoms with van der Waals surface area (Å²) in [6, 6.07) is 14.8. The van der Waals surface area contributed by atoms with E-state index >= 15 is 0 Å². The molecular weight excluding hydrogens is 623 g/mol. The van der Waals surface area contributed by atoms with Crippen LogP contribution in [0.4, 0.5) is 4.79 Å². The van der Waals surface area contributed by atoms with Crippen LogP contribution in [0.15, 0.2) is 67.3 Å². The molecule has 1 aliphatic heterocycles. The molecule has 47 heavy (non-hydrogen) atoms. The summed E-state index contributed by atoms with van der Waals surface area (Å²) < 4.78 is 29.2. The standard InChI is InChI=1S/C34H39N4O8P/c1-7-21-18-34(21,47(42)43)37-30(39)27-16-23(19-38(27)31(40)29(33(2,3)4)36-32(41)45-6)46-28-17-25(20-11-9-8-10-12-20)35-26-15-22(44-5)13-14-24(26)28/h7-15,17,21,23,27,29H,1,16,18-19H2,2-6H3,(H2-,36,37,39,41,42,43)/p+1/t21-,23-,27+,29?,34+/m1/s1. The number of pyridine rings is 1. The van der Waals surface area contributed by atoms with Crippen molar-refractivity contribution in [3.05, 3.63) is 67.3 Å². The van der Waals surface area contributed by atoms with Crippen LogP contribution in [0.3, 0.4) is 0 Å². The van der Waals surface area contributed by atoms with Crippen molar-refractivity contribution in [3.8, 4) is 22.8 Å². The second-order valence-corrected chi connectivity index (χ2v) is 14.2. The Morgan fingerprint density at radius 1 is 1.15 bits per heavy atom. The maximum atomic E-state index is 14.2. The van der Waals surface area contributed by atoms with Gasteiger partial charge in [-0.05, 0) is 22.1 Å². The van der Waals surface area contributed by atoms with Gasteiger partial charge >= 0.3 is 14.1 Å². The van der Waals surface area contributed by atoms with E-state index in [1.807, 2.05) is 48.5 Å². The Bertz CT molecular complexity index is 1710. The van der Waals surface area contributed by atoms with Gasteiger partial charge in [-0.15, -0.1) is 6.58 Å². The quantitative estimate of drug-likeness (QED) is 0.205. The molecule has 2 unspecified atom stereocenters. The number of carbonyl (C=O) groups excluding carboxylic acids is 3. The molecule has 2 fully saturated rings. The van der Waals surface area contributed by atoms with E-state index in [-0.39, 0.29) is 25.3 Å². The number of alkyl carbamates (subject to hydrolysis) is 1. The van der Waals surface area contributed by atoms with Crippen molar-refractivity contribution in [2.45, 2.75) is 57.1 Å². The van der Waals surface area contributed by atoms with Gasteiger partial charge in [-0.1, -0.05) is 57.2 Å². The van der Waals surface area contributed by atoms with E-state index < -0.39 is 54.8 Å². The second kappa shape index (κ2) is 13.3. The summed E-state index contributed by atoms with van der Waals surface area (Å²) in [5.74, 6) is -0.361. The van der Waals surface area contributed by atoms with E-state index in [2.05, 4.69) is 17.2 Å². The lowest BCUT2D eigenvalue weighted by Crippen LogP contribution is -2.58. The number of nitrogens with one attached hydrogen (secondary N) is 2. The molecule has 2 aliphatic rings. The lowest BCUT2D eigenvalue weighted by molar-refractivity contribution is -0.142. The monoisotopic (exact) mass is 663 g/mol. The van der Waals surface area contributed by atoms with Crippen molar-refractivity contribution in [2.24, 2.45) is 11.3 Å². The third kappa shape index (κ3) is 6.94. The maximum Gasteiger partial charge on any atom is 0.534 e. The highest BCUT2D eigenvalue weighted by atomic mass is 31.1. The lowest BCUT2D eigenvalue weighted by atomic mass is 9.85. The Hall–Kier alpha value is -4.54. The number of fused-ring (bicyclic) bond motifs is 1. The number of aromatic nitrogens is 1. The maximum absolute atomic E-state index is 14.2. The van der Waals surface area contributed by atoms with Crippen LogP contribution in [0.1, 0.15) is 33.6 Å². The predicted octanol–water partition coefficient (Wildman–Crippen LogP) is 4.78. The number of methoxy groups -OCH3 is 2. The third-order valence-electron chi connectivity index (χ3n) is 8.70. The van der Waals surface area contributed by atoms with E-state index in [0.29, 0.717) is 28.1 Å². The Kier molecular flexibility index (Phi) is 9.56. The van der Waals surface area contributed by atoms with E-state index in [9.17, 15) is 23.8 Å². The van der Waals surface area contributed by atoms with Gasteiger partial charge in [0.1, 0.15) is 29.7 Å². The van der Waals surface area contributed by atoms with E-state index in [4.69, 9.17) is 19.2 Å². The zero-order valence-corrected chi connectivity index (χ0v) is 28.0. The largest absolute Gasteiger partial charge is 0.534 e. The fourth-order valence-electron chi connectivity index (χ4n) is 5.97. The first-order valence-corrected chi connectivity index (χ1v) is 16.5. The summed E-state index contributed by atoms with van der Waals surface area (Å²) in [7, 11) is -0.00107. The van der Waals surface area contributed by atoms with Crippen LogP contribution in [0, 0.1) is 11.3 Å². The Labute approximate surface area is 274 Å². The van der Waals surface area contributed by atoms with Gasteiger partial charge < -0.3 is 29.7 Å². The van der Waals surface area contributed by atoms with Gasteiger partial charge in [0.2, 0.25) is 11.8 Å². The molecule has 0 radical (unpaired) electrons. The second-order valence-electron chi connectivity index (χ2n) is 12.9. The normalized spacial score (nSPS) is 23.0. The summed E-state index contributed by atoms with van der Waals surface area (Å²) in [4.78, 5) is 56.7. The number of hydrogen-bond acceptors (Lipinski definition) is 8. The van der Waals surface area contributed by atoms with Gasteiger partial charge in [-0.2, -0.15) is 4.89 Å². The number of benzene rings is 2. The molecule has 248 valence electrons. The summed E-state index contributed by atoms with van der Waals surface area (Å²) in [5.41, 5.74) is 1.41. The molecule has 2 heterocycles. The van der Waals surface area contributed by atoms with E-state index in [1.165, 1.54) is 18.1 Å². The molecule has 6 atom stereocenters. The molecule has 1 saturated carbocycles. The summed E-state index contributed by atoms with van der Waals surface area (Å²) in [6.07, 6.45) is 0.443. The molecule has 1 aromatic heterocycles. The number of nitrogens with zero attached hydrogens (tertiary/aromatic N) is 2. The van der Waals surface area contributed by atoms with E-state index in [1.54, 1.807) is 33.9 Å². The van der Waals surface area contributed by atoms with Crippen LogP contribution < -0.4 is 20.1 Å². The van der Waals surface area contributed by atoms with E-state index in [0.717, 1.165) is 5.56 Å². The average molecular weight is 664 g/mol. The highest BCUT2D eigenvalue weighted by molar-refractivity contribution is 7.40. The van der Waals surface area contributed by atoms with Crippen molar-refractivity contribution >= 4 is 36.8 Å². The predicted molar refractivity (Wildman–Crippen MR) is 176 cm³/mol. The number of likely N-dealkylation sites (tertiary alicyclic amines) is 1. The van der Waals surface area contributed by atoms with Gasteiger partial charge in [-0.3, -0.25) is 9.59 Å². The number of amides is 3. The molecule has 0 spiro atoms. The first kappa shape index (κ1) is 33.8. The minimum Gasteiger partial charge on any atom is -0.497 e. The van der Waals surface area contributed by atoms with Crippen LogP contribution in [0.25, 0.3) is 22.2 Å². The first-order valence-electron chi connectivity index (χ1n) is 15.3. The molecule has 5 rings (SSSR count).